The minimum atomic E-state index is -1.61. The topological polar surface area (TPSA) is 101 Å². The molecule has 4 aliphatic rings. The molecule has 0 amide bonds. The van der Waals surface area contributed by atoms with E-state index in [4.69, 9.17) is 4.74 Å². The maximum absolute atomic E-state index is 12.9. The molecule has 0 radical (unpaired) electrons. The number of allylic oxidation sites excluding steroid dienone is 4. The van der Waals surface area contributed by atoms with Crippen molar-refractivity contribution in [2.75, 3.05) is 6.61 Å². The normalized spacial score (nSPS) is 47.1. The highest BCUT2D eigenvalue weighted by molar-refractivity contribution is 6.01. The van der Waals surface area contributed by atoms with E-state index in [1.54, 1.807) is 12.2 Å². The van der Waals surface area contributed by atoms with E-state index in [-0.39, 0.29) is 29.5 Å². The van der Waals surface area contributed by atoms with Gasteiger partial charge in [-0.25, -0.2) is 0 Å². The number of aliphatic hydroxyl groups is 2. The van der Waals surface area contributed by atoms with Crippen LogP contribution in [0.15, 0.2) is 23.8 Å². The summed E-state index contributed by atoms with van der Waals surface area (Å²) in [6, 6.07) is 0. The van der Waals surface area contributed by atoms with Gasteiger partial charge in [0.25, 0.3) is 0 Å². The number of hydrogen-bond donors (Lipinski definition) is 2. The Hall–Kier alpha value is -1.79. The second kappa shape index (κ2) is 6.86. The number of carbonyl (C=O) groups excluding carboxylic acids is 3. The number of carbonyl (C=O) groups is 3. The predicted octanol–water partition coefficient (Wildman–Crippen LogP) is 2.37. The number of hydrogen-bond acceptors (Lipinski definition) is 6. The number of ketones is 2. The van der Waals surface area contributed by atoms with Crippen LogP contribution >= 0.6 is 0 Å². The maximum Gasteiger partial charge on any atom is 0.303 e. The van der Waals surface area contributed by atoms with Crippen LogP contribution in [0.3, 0.4) is 0 Å². The smallest absolute Gasteiger partial charge is 0.303 e. The summed E-state index contributed by atoms with van der Waals surface area (Å²) in [4.78, 5) is 36.1. The summed E-state index contributed by atoms with van der Waals surface area (Å²) in [5, 5.41) is 22.9. The Morgan fingerprint density at radius 3 is 2.67 bits per heavy atom. The summed E-state index contributed by atoms with van der Waals surface area (Å²) in [6.07, 6.45) is 6.71. The molecule has 164 valence electrons. The van der Waals surface area contributed by atoms with Gasteiger partial charge in [-0.2, -0.15) is 0 Å². The molecule has 3 saturated carbocycles. The van der Waals surface area contributed by atoms with Gasteiger partial charge in [-0.15, -0.1) is 0 Å². The molecule has 6 heteroatoms. The first-order valence-electron chi connectivity index (χ1n) is 11.0. The summed E-state index contributed by atoms with van der Waals surface area (Å²) in [5.74, 6) is -0.712. The summed E-state index contributed by atoms with van der Waals surface area (Å²) >= 11 is 0. The second-order valence-corrected chi connectivity index (χ2v) is 10.3. The fourth-order valence-corrected chi connectivity index (χ4v) is 7.50. The van der Waals surface area contributed by atoms with E-state index in [2.05, 4.69) is 13.8 Å². The Labute approximate surface area is 177 Å². The molecule has 4 aliphatic carbocycles. The van der Waals surface area contributed by atoms with E-state index in [0.717, 1.165) is 12.0 Å². The number of Topliss-reactive ketones (excluding diaryl/α,β-unsaturated/α-hetero) is 1. The standard InChI is InChI=1S/C24H32O6/c1-13-9-16-17-6-8-24(29,20(28)12-30-14(2)25)23(17,4)11-19(27)21(16)22(3)7-5-15(26)10-18(13)22/h5,7,10,13,16-17,19,21,27,29H,6,8-9,11-12H2,1-4H3/t13-,16+,17+,19+,21-,22-,23+,24+/m0/s1. The average Bonchev–Trinajstić information content (AvgIpc) is 2.93. The van der Waals surface area contributed by atoms with E-state index in [1.807, 2.05) is 13.0 Å². The van der Waals surface area contributed by atoms with Gasteiger partial charge in [0.05, 0.1) is 6.10 Å². The van der Waals surface area contributed by atoms with Crippen LogP contribution in [0.1, 0.15) is 53.4 Å². The van der Waals surface area contributed by atoms with Gasteiger partial charge in [-0.3, -0.25) is 14.4 Å². The van der Waals surface area contributed by atoms with Crippen LogP contribution in [0.25, 0.3) is 0 Å². The molecule has 0 aromatic rings. The molecule has 4 rings (SSSR count). The summed E-state index contributed by atoms with van der Waals surface area (Å²) < 4.78 is 4.89. The molecule has 0 aliphatic heterocycles. The fraction of sp³-hybridized carbons (Fsp3) is 0.708. The molecule has 0 aromatic carbocycles. The minimum absolute atomic E-state index is 0.00535. The summed E-state index contributed by atoms with van der Waals surface area (Å²) in [5.41, 5.74) is -1.72. The van der Waals surface area contributed by atoms with Crippen molar-refractivity contribution >= 4 is 17.5 Å². The molecule has 3 fully saturated rings. The van der Waals surface area contributed by atoms with E-state index in [1.165, 1.54) is 6.92 Å². The summed E-state index contributed by atoms with van der Waals surface area (Å²) in [6.45, 7) is 6.94. The van der Waals surface area contributed by atoms with Crippen LogP contribution < -0.4 is 0 Å². The van der Waals surface area contributed by atoms with Crippen LogP contribution in [-0.4, -0.2) is 46.1 Å². The maximum atomic E-state index is 12.9. The Kier molecular flexibility index (Phi) is 4.90. The van der Waals surface area contributed by atoms with Crippen LogP contribution in [0, 0.1) is 34.5 Å². The lowest BCUT2D eigenvalue weighted by Crippen LogP contribution is -2.62. The molecular weight excluding hydrogens is 384 g/mol. The van der Waals surface area contributed by atoms with Gasteiger partial charge in [-0.05, 0) is 55.6 Å². The van der Waals surface area contributed by atoms with E-state index in [9.17, 15) is 24.6 Å². The molecule has 0 bridgehead atoms. The van der Waals surface area contributed by atoms with E-state index in [0.29, 0.717) is 19.3 Å². The van der Waals surface area contributed by atoms with Crippen LogP contribution in [-0.2, 0) is 19.1 Å². The molecule has 2 N–H and O–H groups in total. The SMILES string of the molecule is CC(=O)OCC(=O)[C@]1(O)CC[C@@H]2[C@H]3C[C@H](C)C4=CC(=O)C=C[C@]4(C)[C@@H]3[C@H](O)C[C@]21C. The molecule has 0 saturated heterocycles. The van der Waals surface area contributed by atoms with Crippen molar-refractivity contribution in [1.82, 2.24) is 0 Å². The van der Waals surface area contributed by atoms with Gasteiger partial charge in [0.1, 0.15) is 5.60 Å². The van der Waals surface area contributed by atoms with Gasteiger partial charge in [0, 0.05) is 23.7 Å². The zero-order valence-electron chi connectivity index (χ0n) is 18.2. The zero-order chi connectivity index (χ0) is 22.1. The number of aliphatic hydroxyl groups excluding tert-OH is 1. The molecule has 0 spiro atoms. The first-order chi connectivity index (χ1) is 13.9. The van der Waals surface area contributed by atoms with Crippen molar-refractivity contribution in [2.45, 2.75) is 65.1 Å². The highest BCUT2D eigenvalue weighted by Gasteiger charge is 2.68. The Bertz CT molecular complexity index is 858. The van der Waals surface area contributed by atoms with Crippen LogP contribution in [0.4, 0.5) is 0 Å². The number of esters is 1. The van der Waals surface area contributed by atoms with Crippen molar-refractivity contribution in [1.29, 1.82) is 0 Å². The zero-order valence-corrected chi connectivity index (χ0v) is 18.2. The van der Waals surface area contributed by atoms with Gasteiger partial charge in [0.15, 0.2) is 12.4 Å². The number of fused-ring (bicyclic) bond motifs is 5. The Morgan fingerprint density at radius 2 is 2.00 bits per heavy atom. The lowest BCUT2D eigenvalue weighted by molar-refractivity contribution is -0.182. The lowest BCUT2D eigenvalue weighted by atomic mass is 9.45. The summed E-state index contributed by atoms with van der Waals surface area (Å²) in [7, 11) is 0. The van der Waals surface area contributed by atoms with Gasteiger partial charge in [-0.1, -0.05) is 32.4 Å². The van der Waals surface area contributed by atoms with E-state index >= 15 is 0 Å². The molecule has 0 heterocycles. The fourth-order valence-electron chi connectivity index (χ4n) is 7.50. The van der Waals surface area contributed by atoms with Gasteiger partial charge in [0.2, 0.25) is 5.78 Å². The molecule has 30 heavy (non-hydrogen) atoms. The molecule has 8 atom stereocenters. The van der Waals surface area contributed by atoms with Gasteiger partial charge >= 0.3 is 5.97 Å². The van der Waals surface area contributed by atoms with Crippen molar-refractivity contribution < 1.29 is 29.3 Å². The minimum Gasteiger partial charge on any atom is -0.458 e. The number of rotatable bonds is 3. The first-order valence-corrected chi connectivity index (χ1v) is 11.0. The molecular formula is C24H32O6. The first kappa shape index (κ1) is 21.4. The van der Waals surface area contributed by atoms with Crippen LogP contribution in [0.2, 0.25) is 0 Å². The second-order valence-electron chi connectivity index (χ2n) is 10.3. The lowest BCUT2D eigenvalue weighted by Gasteiger charge is -2.60. The highest BCUT2D eigenvalue weighted by Crippen LogP contribution is 2.67. The molecule has 6 nitrogen and oxygen atoms in total. The van der Waals surface area contributed by atoms with Crippen LogP contribution in [0.5, 0.6) is 0 Å². The predicted molar refractivity (Wildman–Crippen MR) is 109 cm³/mol. The average molecular weight is 417 g/mol. The van der Waals surface area contributed by atoms with E-state index < -0.39 is 40.9 Å². The highest BCUT2D eigenvalue weighted by atomic mass is 16.5. The quantitative estimate of drug-likeness (QED) is 0.685. The largest absolute Gasteiger partial charge is 0.458 e. The third kappa shape index (κ3) is 2.79. The van der Waals surface area contributed by atoms with Crippen molar-refractivity contribution in [2.24, 2.45) is 34.5 Å². The monoisotopic (exact) mass is 416 g/mol. The third-order valence-electron chi connectivity index (χ3n) is 8.84. The Morgan fingerprint density at radius 1 is 1.30 bits per heavy atom. The van der Waals surface area contributed by atoms with Crippen molar-refractivity contribution in [3.63, 3.8) is 0 Å². The molecule has 0 aromatic heterocycles. The molecule has 0 unspecified atom stereocenters. The third-order valence-corrected chi connectivity index (χ3v) is 8.84. The Balaban J connectivity index is 1.70. The van der Waals surface area contributed by atoms with Crippen molar-refractivity contribution in [3.05, 3.63) is 23.8 Å². The van der Waals surface area contributed by atoms with Gasteiger partial charge < -0.3 is 14.9 Å². The number of ether oxygens (including phenoxy) is 1. The van der Waals surface area contributed by atoms with Crippen molar-refractivity contribution in [3.8, 4) is 0 Å².